The van der Waals surface area contributed by atoms with Crippen LogP contribution in [0, 0.1) is 15.4 Å². The van der Waals surface area contributed by atoms with E-state index in [1.165, 1.54) is 0 Å². The Morgan fingerprint density at radius 2 is 2.00 bits per heavy atom. The number of hydrogen-bond acceptors (Lipinski definition) is 3. The molecule has 0 aliphatic heterocycles. The first kappa shape index (κ1) is 19.7. The lowest BCUT2D eigenvalue weighted by Gasteiger charge is -2.10. The van der Waals surface area contributed by atoms with Gasteiger partial charge >= 0.3 is 0 Å². The summed E-state index contributed by atoms with van der Waals surface area (Å²) in [7, 11) is 0. The summed E-state index contributed by atoms with van der Waals surface area (Å²) in [5.74, 6) is 7.03. The van der Waals surface area contributed by atoms with E-state index in [9.17, 15) is 0 Å². The Bertz CT molecular complexity index is 1220. The molecule has 2 aromatic heterocycles. The van der Waals surface area contributed by atoms with Crippen molar-refractivity contribution < 1.29 is 4.74 Å². The van der Waals surface area contributed by atoms with Gasteiger partial charge in [-0.05, 0) is 71.1 Å². The van der Waals surface area contributed by atoms with Gasteiger partial charge in [-0.15, -0.1) is 0 Å². The van der Waals surface area contributed by atoms with Crippen LogP contribution in [-0.4, -0.2) is 14.8 Å². The number of fused-ring (bicyclic) bond motifs is 1. The normalized spacial score (nSPS) is 10.6. The Balaban J connectivity index is 1.76. The minimum Gasteiger partial charge on any atom is -0.472 e. The highest BCUT2D eigenvalue weighted by atomic mass is 127. The van der Waals surface area contributed by atoms with E-state index in [1.54, 1.807) is 6.20 Å². The van der Waals surface area contributed by atoms with E-state index >= 15 is 0 Å². The van der Waals surface area contributed by atoms with Crippen LogP contribution in [0.5, 0.6) is 5.88 Å². The molecule has 0 saturated carbocycles. The van der Waals surface area contributed by atoms with Gasteiger partial charge in [0, 0.05) is 34.2 Å². The zero-order valence-electron chi connectivity index (χ0n) is 15.7. The number of benzene rings is 2. The Hall–Kier alpha value is -2.56. The van der Waals surface area contributed by atoms with Gasteiger partial charge in [-0.25, -0.2) is 9.67 Å². The highest BCUT2D eigenvalue weighted by molar-refractivity contribution is 14.1. The largest absolute Gasteiger partial charge is 0.472 e. The third-order valence-electron chi connectivity index (χ3n) is 4.35. The SMILES string of the molecule is CCC#Cc1cc2cnn(-c3ccc(Cl)cc3)c2cc1COc1ncccc1I. The molecular weight excluding hydrogens is 497 g/mol. The van der Waals surface area contributed by atoms with Crippen molar-refractivity contribution in [2.75, 3.05) is 0 Å². The van der Waals surface area contributed by atoms with Crippen LogP contribution in [0.25, 0.3) is 16.6 Å². The van der Waals surface area contributed by atoms with Gasteiger partial charge in [0.25, 0.3) is 0 Å². The summed E-state index contributed by atoms with van der Waals surface area (Å²) < 4.78 is 8.87. The topological polar surface area (TPSA) is 39.9 Å². The fourth-order valence-electron chi connectivity index (χ4n) is 2.95. The molecule has 4 rings (SSSR count). The molecule has 4 nitrogen and oxygen atoms in total. The van der Waals surface area contributed by atoms with Gasteiger partial charge in [0.2, 0.25) is 5.88 Å². The van der Waals surface area contributed by atoms with E-state index in [0.717, 1.165) is 37.7 Å². The van der Waals surface area contributed by atoms with Gasteiger partial charge in [0.15, 0.2) is 0 Å². The molecule has 29 heavy (non-hydrogen) atoms. The van der Waals surface area contributed by atoms with E-state index in [4.69, 9.17) is 16.3 Å². The molecule has 144 valence electrons. The lowest BCUT2D eigenvalue weighted by molar-refractivity contribution is 0.291. The van der Waals surface area contributed by atoms with Crippen molar-refractivity contribution in [3.8, 4) is 23.4 Å². The van der Waals surface area contributed by atoms with Crippen molar-refractivity contribution in [2.45, 2.75) is 20.0 Å². The van der Waals surface area contributed by atoms with E-state index in [2.05, 4.69) is 56.6 Å². The summed E-state index contributed by atoms with van der Waals surface area (Å²) in [6.07, 6.45) is 4.38. The maximum Gasteiger partial charge on any atom is 0.227 e. The van der Waals surface area contributed by atoms with E-state index in [-0.39, 0.29) is 0 Å². The fraction of sp³-hybridized carbons (Fsp3) is 0.130. The molecule has 0 amide bonds. The number of aromatic nitrogens is 3. The molecule has 0 saturated heterocycles. The van der Waals surface area contributed by atoms with Crippen molar-refractivity contribution in [1.29, 1.82) is 0 Å². The third-order valence-corrected chi connectivity index (χ3v) is 5.43. The van der Waals surface area contributed by atoms with Gasteiger partial charge < -0.3 is 4.74 Å². The van der Waals surface area contributed by atoms with Gasteiger partial charge in [-0.3, -0.25) is 0 Å². The predicted molar refractivity (Wildman–Crippen MR) is 125 cm³/mol. The number of nitrogens with zero attached hydrogens (tertiary/aromatic N) is 3. The molecule has 6 heteroatoms. The summed E-state index contributed by atoms with van der Waals surface area (Å²) in [5.41, 5.74) is 3.88. The fourth-order valence-corrected chi connectivity index (χ4v) is 3.58. The number of rotatable bonds is 4. The van der Waals surface area contributed by atoms with Gasteiger partial charge in [0.05, 0.1) is 21.0 Å². The minimum atomic E-state index is 0.377. The second-order valence-corrected chi connectivity index (χ2v) is 7.93. The molecule has 0 unspecified atom stereocenters. The number of ether oxygens (including phenoxy) is 1. The van der Waals surface area contributed by atoms with E-state index < -0.39 is 0 Å². The number of halogens is 2. The van der Waals surface area contributed by atoms with E-state index in [1.807, 2.05) is 54.2 Å². The lowest BCUT2D eigenvalue weighted by Crippen LogP contribution is -2.02. The minimum absolute atomic E-state index is 0.377. The van der Waals surface area contributed by atoms with Crippen molar-refractivity contribution >= 4 is 45.1 Å². The standard InChI is InChI=1S/C23H17ClIN3O/c1-2-3-5-16-12-17-14-27-28(20-9-7-19(24)8-10-20)22(17)13-18(16)15-29-23-21(25)6-4-11-26-23/h4,6-14H,2,15H2,1H3. The summed E-state index contributed by atoms with van der Waals surface area (Å²) in [6.45, 7) is 2.42. The molecule has 2 heterocycles. The van der Waals surface area contributed by atoms with Crippen LogP contribution >= 0.6 is 34.2 Å². The van der Waals surface area contributed by atoms with Crippen LogP contribution < -0.4 is 4.74 Å². The average molecular weight is 514 g/mol. The molecule has 0 spiro atoms. The van der Waals surface area contributed by atoms with Gasteiger partial charge in [0.1, 0.15) is 6.61 Å². The summed E-state index contributed by atoms with van der Waals surface area (Å²) in [6, 6.07) is 15.6. The predicted octanol–water partition coefficient (Wildman–Crippen LogP) is 6.02. The molecule has 0 atom stereocenters. The number of hydrogen-bond donors (Lipinski definition) is 0. The van der Waals surface area contributed by atoms with Crippen LogP contribution in [0.2, 0.25) is 5.02 Å². The Morgan fingerprint density at radius 3 is 2.76 bits per heavy atom. The lowest BCUT2D eigenvalue weighted by atomic mass is 10.1. The second kappa shape index (κ2) is 8.85. The molecular formula is C23H17ClIN3O. The second-order valence-electron chi connectivity index (χ2n) is 6.34. The first-order valence-corrected chi connectivity index (χ1v) is 10.6. The molecule has 0 N–H and O–H groups in total. The monoisotopic (exact) mass is 513 g/mol. The van der Waals surface area contributed by atoms with Gasteiger partial charge in [-0.1, -0.05) is 30.4 Å². The maximum absolute atomic E-state index is 6.03. The zero-order valence-corrected chi connectivity index (χ0v) is 18.6. The number of pyridine rings is 1. The van der Waals surface area contributed by atoms with Crippen LogP contribution in [0.4, 0.5) is 0 Å². The molecule has 0 aliphatic rings. The van der Waals surface area contributed by atoms with Crippen molar-refractivity contribution in [1.82, 2.24) is 14.8 Å². The smallest absolute Gasteiger partial charge is 0.227 e. The highest BCUT2D eigenvalue weighted by Gasteiger charge is 2.11. The average Bonchev–Trinajstić information content (AvgIpc) is 3.14. The van der Waals surface area contributed by atoms with Crippen LogP contribution in [0.1, 0.15) is 24.5 Å². The molecule has 0 fully saturated rings. The van der Waals surface area contributed by atoms with Crippen LogP contribution in [-0.2, 0) is 6.61 Å². The third kappa shape index (κ3) is 4.39. The summed E-state index contributed by atoms with van der Waals surface area (Å²) in [4.78, 5) is 4.32. The summed E-state index contributed by atoms with van der Waals surface area (Å²) >= 11 is 8.25. The van der Waals surface area contributed by atoms with Crippen LogP contribution in [0.15, 0.2) is 60.9 Å². The van der Waals surface area contributed by atoms with E-state index in [0.29, 0.717) is 17.5 Å². The van der Waals surface area contributed by atoms with Crippen LogP contribution in [0.3, 0.4) is 0 Å². The molecule has 0 aliphatic carbocycles. The molecule has 4 aromatic rings. The molecule has 0 bridgehead atoms. The van der Waals surface area contributed by atoms with Crippen molar-refractivity contribution in [3.05, 3.63) is 80.6 Å². The zero-order chi connectivity index (χ0) is 20.2. The Kier molecular flexibility index (Phi) is 6.02. The van der Waals surface area contributed by atoms with Gasteiger partial charge in [-0.2, -0.15) is 5.10 Å². The Labute approximate surface area is 188 Å². The highest BCUT2D eigenvalue weighted by Crippen LogP contribution is 2.25. The van der Waals surface area contributed by atoms with Crippen molar-refractivity contribution in [2.24, 2.45) is 0 Å². The summed E-state index contributed by atoms with van der Waals surface area (Å²) in [5, 5.41) is 6.28. The Morgan fingerprint density at radius 1 is 1.17 bits per heavy atom. The quantitative estimate of drug-likeness (QED) is 0.247. The molecule has 2 aromatic carbocycles. The maximum atomic E-state index is 6.03. The molecule has 0 radical (unpaired) electrons. The first-order chi connectivity index (χ1) is 14.2. The van der Waals surface area contributed by atoms with Crippen molar-refractivity contribution in [3.63, 3.8) is 0 Å². The first-order valence-electron chi connectivity index (χ1n) is 9.14.